The number of hydrogen-bond donors (Lipinski definition) is 1. The van der Waals surface area contributed by atoms with Gasteiger partial charge < -0.3 is 5.11 Å². The van der Waals surface area contributed by atoms with E-state index in [1.807, 2.05) is 78.9 Å². The summed E-state index contributed by atoms with van der Waals surface area (Å²) in [5, 5.41) is 15.9. The van der Waals surface area contributed by atoms with Crippen LogP contribution in [0.4, 0.5) is 0 Å². The maximum atomic E-state index is 11.3. The summed E-state index contributed by atoms with van der Waals surface area (Å²) in [5.41, 5.74) is 0.301. The van der Waals surface area contributed by atoms with Crippen molar-refractivity contribution in [2.75, 3.05) is 0 Å². The first kappa shape index (κ1) is 16.2. The molecule has 1 atom stereocenters. The minimum Gasteiger partial charge on any atom is -0.377 e. The molecule has 0 aliphatic carbocycles. The largest absolute Gasteiger partial charge is 0.377 e. The molecule has 0 saturated carbocycles. The number of aromatic nitrogens is 4. The molecule has 0 aliphatic rings. The maximum Gasteiger partial charge on any atom is 0.182 e. The van der Waals surface area contributed by atoms with Gasteiger partial charge in [-0.2, -0.15) is 4.68 Å². The lowest BCUT2D eigenvalue weighted by molar-refractivity contribution is 0.0896. The lowest BCUT2D eigenvalue weighted by atomic mass is 9.95. The van der Waals surface area contributed by atoms with Crippen molar-refractivity contribution in [3.05, 3.63) is 96.4 Å². The molecule has 5 nitrogen and oxygen atoms in total. The number of nitrogens with zero attached hydrogens (tertiary/aromatic N) is 4. The van der Waals surface area contributed by atoms with Crippen LogP contribution in [-0.4, -0.2) is 24.9 Å². The summed E-state index contributed by atoms with van der Waals surface area (Å²) in [6.45, 7) is 1.72. The Labute approximate surface area is 151 Å². The predicted molar refractivity (Wildman–Crippen MR) is 99.7 cm³/mol. The molecular formula is C21H18N4O. The van der Waals surface area contributed by atoms with E-state index in [2.05, 4.69) is 15.1 Å². The van der Waals surface area contributed by atoms with E-state index >= 15 is 0 Å². The van der Waals surface area contributed by atoms with E-state index in [9.17, 15) is 5.11 Å². The van der Waals surface area contributed by atoms with Crippen LogP contribution >= 0.6 is 0 Å². The highest BCUT2D eigenvalue weighted by molar-refractivity contribution is 5.55. The Kier molecular flexibility index (Phi) is 4.07. The fourth-order valence-electron chi connectivity index (χ4n) is 2.87. The molecule has 0 spiro atoms. The number of hydrogen-bond acceptors (Lipinski definition) is 4. The molecule has 1 N–H and O–H groups in total. The van der Waals surface area contributed by atoms with Crippen molar-refractivity contribution in [2.24, 2.45) is 0 Å². The van der Waals surface area contributed by atoms with Gasteiger partial charge in [-0.3, -0.25) is 0 Å². The fraction of sp³-hybridized carbons (Fsp3) is 0.0952. The average Bonchev–Trinajstić information content (AvgIpc) is 3.16. The van der Waals surface area contributed by atoms with Crippen LogP contribution in [0.3, 0.4) is 0 Å². The van der Waals surface area contributed by atoms with E-state index in [1.54, 1.807) is 17.8 Å². The van der Waals surface area contributed by atoms with Gasteiger partial charge in [-0.15, -0.1) is 5.10 Å². The Morgan fingerprint density at radius 3 is 2.15 bits per heavy atom. The zero-order valence-electron chi connectivity index (χ0n) is 14.3. The zero-order valence-corrected chi connectivity index (χ0v) is 14.3. The quantitative estimate of drug-likeness (QED) is 0.616. The first-order chi connectivity index (χ1) is 12.7. The molecule has 0 bridgehead atoms. The molecule has 0 amide bonds. The summed E-state index contributed by atoms with van der Waals surface area (Å²) in [5.74, 6) is 1.57. The normalized spacial score (nSPS) is 13.3. The lowest BCUT2D eigenvalue weighted by Gasteiger charge is -2.23. The van der Waals surface area contributed by atoms with Crippen LogP contribution in [0.1, 0.15) is 18.3 Å². The second-order valence-corrected chi connectivity index (χ2v) is 6.16. The highest BCUT2D eigenvalue weighted by Crippen LogP contribution is 2.30. The summed E-state index contributed by atoms with van der Waals surface area (Å²) in [6.07, 6.45) is 1.69. The third-order valence-electron chi connectivity index (χ3n) is 4.28. The van der Waals surface area contributed by atoms with Gasteiger partial charge in [0.25, 0.3) is 0 Å². The van der Waals surface area contributed by atoms with Crippen molar-refractivity contribution in [2.45, 2.75) is 12.5 Å². The molecule has 2 aromatic carbocycles. The van der Waals surface area contributed by atoms with Crippen molar-refractivity contribution < 1.29 is 5.11 Å². The monoisotopic (exact) mass is 342 g/mol. The topological polar surface area (TPSA) is 63.8 Å². The van der Waals surface area contributed by atoms with Crippen LogP contribution in [0.5, 0.6) is 0 Å². The molecule has 0 fully saturated rings. The smallest absolute Gasteiger partial charge is 0.182 e. The van der Waals surface area contributed by atoms with Crippen molar-refractivity contribution in [1.29, 1.82) is 0 Å². The van der Waals surface area contributed by atoms with Gasteiger partial charge in [0.1, 0.15) is 5.60 Å². The minimum atomic E-state index is -1.32. The molecule has 128 valence electrons. The molecule has 4 aromatic rings. The SMILES string of the molecule is C[C@@](O)(c1ccccc1)c1nc(-c2ccccc2)nn1-c1ccccn1. The second kappa shape index (κ2) is 6.54. The summed E-state index contributed by atoms with van der Waals surface area (Å²) in [6, 6.07) is 24.7. The zero-order chi connectivity index (χ0) is 18.0. The molecule has 0 radical (unpaired) electrons. The molecule has 0 aliphatic heterocycles. The lowest BCUT2D eigenvalue weighted by Crippen LogP contribution is -2.27. The molecule has 4 rings (SSSR count). The summed E-state index contributed by atoms with van der Waals surface area (Å²) in [7, 11) is 0. The van der Waals surface area contributed by atoms with Gasteiger partial charge >= 0.3 is 0 Å². The number of benzene rings is 2. The molecule has 2 heterocycles. The highest BCUT2D eigenvalue weighted by atomic mass is 16.3. The van der Waals surface area contributed by atoms with Crippen LogP contribution < -0.4 is 0 Å². The van der Waals surface area contributed by atoms with Crippen molar-refractivity contribution in [3.63, 3.8) is 0 Å². The first-order valence-electron chi connectivity index (χ1n) is 8.38. The van der Waals surface area contributed by atoms with E-state index in [4.69, 9.17) is 0 Å². The van der Waals surface area contributed by atoms with Gasteiger partial charge in [-0.25, -0.2) is 9.97 Å². The van der Waals surface area contributed by atoms with E-state index in [0.29, 0.717) is 17.5 Å². The standard InChI is InChI=1S/C21H18N4O/c1-21(26,17-12-6-3-7-13-17)20-23-19(16-10-4-2-5-11-16)24-25(20)18-14-8-9-15-22-18/h2-15,26H,1H3/t21-/m1/s1. The summed E-state index contributed by atoms with van der Waals surface area (Å²) >= 11 is 0. The Morgan fingerprint density at radius 1 is 0.846 bits per heavy atom. The molecular weight excluding hydrogens is 324 g/mol. The van der Waals surface area contributed by atoms with Crippen LogP contribution in [0.15, 0.2) is 85.1 Å². The van der Waals surface area contributed by atoms with Gasteiger partial charge in [0.05, 0.1) is 0 Å². The first-order valence-corrected chi connectivity index (χ1v) is 8.38. The molecule has 2 aromatic heterocycles. The molecule has 0 unspecified atom stereocenters. The second-order valence-electron chi connectivity index (χ2n) is 6.16. The summed E-state index contributed by atoms with van der Waals surface area (Å²) < 4.78 is 1.61. The third-order valence-corrected chi connectivity index (χ3v) is 4.28. The fourth-order valence-corrected chi connectivity index (χ4v) is 2.87. The van der Waals surface area contributed by atoms with Crippen molar-refractivity contribution in [3.8, 4) is 17.2 Å². The van der Waals surface area contributed by atoms with Gasteiger partial charge in [-0.05, 0) is 24.6 Å². The van der Waals surface area contributed by atoms with Crippen molar-refractivity contribution >= 4 is 0 Å². The van der Waals surface area contributed by atoms with E-state index in [1.165, 1.54) is 0 Å². The van der Waals surface area contributed by atoms with Crippen LogP contribution in [0.2, 0.25) is 0 Å². The van der Waals surface area contributed by atoms with Crippen LogP contribution in [-0.2, 0) is 5.60 Å². The predicted octanol–water partition coefficient (Wildman–Crippen LogP) is 3.59. The minimum absolute atomic E-state index is 0.418. The maximum absolute atomic E-state index is 11.3. The van der Waals surface area contributed by atoms with Gasteiger partial charge in [-0.1, -0.05) is 66.7 Å². The Balaban J connectivity index is 1.91. The van der Waals surface area contributed by atoms with Gasteiger partial charge in [0.15, 0.2) is 17.5 Å². The average molecular weight is 342 g/mol. The van der Waals surface area contributed by atoms with Gasteiger partial charge in [0, 0.05) is 11.8 Å². The van der Waals surface area contributed by atoms with E-state index < -0.39 is 5.60 Å². The van der Waals surface area contributed by atoms with E-state index in [0.717, 1.165) is 11.1 Å². The Bertz CT molecular complexity index is 996. The Hall–Kier alpha value is -3.31. The molecule has 5 heteroatoms. The Morgan fingerprint density at radius 2 is 1.50 bits per heavy atom. The number of rotatable bonds is 4. The van der Waals surface area contributed by atoms with E-state index in [-0.39, 0.29) is 0 Å². The number of aliphatic hydroxyl groups is 1. The van der Waals surface area contributed by atoms with Crippen molar-refractivity contribution in [1.82, 2.24) is 19.7 Å². The molecule has 0 saturated heterocycles. The highest BCUT2D eigenvalue weighted by Gasteiger charge is 2.33. The third kappa shape index (κ3) is 2.89. The number of pyridine rings is 1. The molecule has 26 heavy (non-hydrogen) atoms. The van der Waals surface area contributed by atoms with Gasteiger partial charge in [0.2, 0.25) is 0 Å². The van der Waals surface area contributed by atoms with Crippen LogP contribution in [0, 0.1) is 0 Å². The summed E-state index contributed by atoms with van der Waals surface area (Å²) in [4.78, 5) is 9.04. The van der Waals surface area contributed by atoms with Crippen LogP contribution in [0.25, 0.3) is 17.2 Å².